The van der Waals surface area contributed by atoms with Gasteiger partial charge < -0.3 is 10.1 Å². The first-order valence-electron chi connectivity index (χ1n) is 8.76. The number of nitrogens with zero attached hydrogens (tertiary/aromatic N) is 2. The summed E-state index contributed by atoms with van der Waals surface area (Å²) < 4.78 is 7.16. The van der Waals surface area contributed by atoms with E-state index >= 15 is 0 Å². The number of cyclic esters (lactones) is 1. The van der Waals surface area contributed by atoms with Gasteiger partial charge in [-0.05, 0) is 32.0 Å². The summed E-state index contributed by atoms with van der Waals surface area (Å²) in [6, 6.07) is 16.9. The van der Waals surface area contributed by atoms with Crippen molar-refractivity contribution in [1.29, 1.82) is 0 Å². The predicted octanol–water partition coefficient (Wildman–Crippen LogP) is 3.73. The van der Waals surface area contributed by atoms with Crippen LogP contribution in [0.5, 0.6) is 0 Å². The van der Waals surface area contributed by atoms with Crippen molar-refractivity contribution in [2.24, 2.45) is 0 Å². The van der Waals surface area contributed by atoms with Crippen molar-refractivity contribution >= 4 is 17.6 Å². The molecule has 0 bridgehead atoms. The van der Waals surface area contributed by atoms with Crippen molar-refractivity contribution in [3.63, 3.8) is 0 Å². The molecule has 2 aromatic carbocycles. The molecule has 1 N–H and O–H groups in total. The Bertz CT molecular complexity index is 1020. The summed E-state index contributed by atoms with van der Waals surface area (Å²) in [5.74, 6) is -0.601. The second kappa shape index (κ2) is 6.72. The lowest BCUT2D eigenvalue weighted by Crippen LogP contribution is -2.16. The number of carbonyl (C=O) groups is 2. The van der Waals surface area contributed by atoms with Gasteiger partial charge in [0.25, 0.3) is 0 Å². The number of aromatic nitrogens is 2. The van der Waals surface area contributed by atoms with Gasteiger partial charge in [-0.15, -0.1) is 0 Å². The molecule has 6 heteroatoms. The maximum atomic E-state index is 12.6. The molecule has 0 aliphatic carbocycles. The van der Waals surface area contributed by atoms with Crippen molar-refractivity contribution in [3.8, 4) is 5.69 Å². The number of ether oxygens (including phenoxy) is 1. The topological polar surface area (TPSA) is 73.2 Å². The fraction of sp³-hybridized carbons (Fsp3) is 0.190. The molecule has 0 saturated carbocycles. The van der Waals surface area contributed by atoms with Crippen LogP contribution in [-0.4, -0.2) is 21.7 Å². The number of para-hydroxylation sites is 1. The van der Waals surface area contributed by atoms with E-state index in [9.17, 15) is 9.59 Å². The number of hydrogen-bond acceptors (Lipinski definition) is 4. The summed E-state index contributed by atoms with van der Waals surface area (Å²) in [5, 5.41) is 7.46. The van der Waals surface area contributed by atoms with Crippen LogP contribution in [0, 0.1) is 13.8 Å². The number of carbonyl (C=O) groups excluding carboxylic acids is 2. The molecule has 27 heavy (non-hydrogen) atoms. The largest absolute Gasteiger partial charge is 0.453 e. The number of nitrogens with one attached hydrogen (secondary N) is 1. The second-order valence-electron chi connectivity index (χ2n) is 6.53. The summed E-state index contributed by atoms with van der Waals surface area (Å²) in [5.41, 5.74) is 4.47. The Morgan fingerprint density at radius 2 is 1.81 bits per heavy atom. The third-order valence-electron chi connectivity index (χ3n) is 4.70. The molecule has 1 aliphatic heterocycles. The van der Waals surface area contributed by atoms with Crippen molar-refractivity contribution < 1.29 is 14.3 Å². The Morgan fingerprint density at radius 3 is 2.59 bits per heavy atom. The number of amides is 1. The van der Waals surface area contributed by atoms with Gasteiger partial charge in [0.1, 0.15) is 6.10 Å². The zero-order valence-corrected chi connectivity index (χ0v) is 15.1. The molecule has 0 unspecified atom stereocenters. The maximum absolute atomic E-state index is 12.6. The maximum Gasteiger partial charge on any atom is 0.339 e. The van der Waals surface area contributed by atoms with Gasteiger partial charge in [0.2, 0.25) is 5.91 Å². The van der Waals surface area contributed by atoms with Gasteiger partial charge in [-0.25, -0.2) is 9.48 Å². The van der Waals surface area contributed by atoms with Gasteiger partial charge in [-0.3, -0.25) is 4.79 Å². The third-order valence-corrected chi connectivity index (χ3v) is 4.70. The van der Waals surface area contributed by atoms with Crippen molar-refractivity contribution in [2.75, 3.05) is 5.32 Å². The van der Waals surface area contributed by atoms with Gasteiger partial charge >= 0.3 is 5.97 Å². The van der Waals surface area contributed by atoms with Crippen LogP contribution in [0.2, 0.25) is 0 Å². The van der Waals surface area contributed by atoms with Crippen LogP contribution in [0.1, 0.15) is 39.8 Å². The molecular weight excluding hydrogens is 342 g/mol. The van der Waals surface area contributed by atoms with E-state index in [0.717, 1.165) is 22.6 Å². The van der Waals surface area contributed by atoms with E-state index in [4.69, 9.17) is 4.74 Å². The summed E-state index contributed by atoms with van der Waals surface area (Å²) in [4.78, 5) is 24.5. The highest BCUT2D eigenvalue weighted by atomic mass is 16.5. The van der Waals surface area contributed by atoms with E-state index in [1.54, 1.807) is 16.8 Å². The first-order chi connectivity index (χ1) is 13.0. The lowest BCUT2D eigenvalue weighted by atomic mass is 10.0. The molecule has 1 atom stereocenters. The summed E-state index contributed by atoms with van der Waals surface area (Å²) >= 11 is 0. The van der Waals surface area contributed by atoms with Gasteiger partial charge in [0.15, 0.2) is 0 Å². The zero-order chi connectivity index (χ0) is 19.0. The third kappa shape index (κ3) is 3.10. The number of hydrogen-bond donors (Lipinski definition) is 1. The Morgan fingerprint density at radius 1 is 1.11 bits per heavy atom. The minimum atomic E-state index is -0.557. The molecule has 3 aromatic rings. The first-order valence-corrected chi connectivity index (χ1v) is 8.76. The second-order valence-corrected chi connectivity index (χ2v) is 6.53. The lowest BCUT2D eigenvalue weighted by molar-refractivity contribution is -0.118. The van der Waals surface area contributed by atoms with E-state index < -0.39 is 6.10 Å². The predicted molar refractivity (Wildman–Crippen MR) is 101 cm³/mol. The number of esters is 1. The van der Waals surface area contributed by atoms with Crippen molar-refractivity contribution in [2.45, 2.75) is 26.4 Å². The Labute approximate surface area is 156 Å². The standard InChI is InChI=1S/C21H19N3O3/c1-13-20(14(2)24(23-13)15-8-4-3-5-9-15)22-19(25)12-18-16-10-6-7-11-17(16)21(26)27-18/h3-11,18H,12H2,1-2H3,(H,22,25)/t18-/m1/s1. The lowest BCUT2D eigenvalue weighted by Gasteiger charge is -2.11. The van der Waals surface area contributed by atoms with Crippen LogP contribution < -0.4 is 5.32 Å². The SMILES string of the molecule is Cc1nn(-c2ccccc2)c(C)c1NC(=O)C[C@H]1OC(=O)c2ccccc21. The van der Waals surface area contributed by atoms with E-state index in [1.807, 2.05) is 56.3 Å². The molecule has 6 nitrogen and oxygen atoms in total. The molecule has 0 radical (unpaired) electrons. The normalized spacial score (nSPS) is 15.3. The van der Waals surface area contributed by atoms with E-state index in [0.29, 0.717) is 11.3 Å². The minimum absolute atomic E-state index is 0.0676. The first kappa shape index (κ1) is 17.0. The van der Waals surface area contributed by atoms with Gasteiger partial charge in [0.05, 0.1) is 34.7 Å². The fourth-order valence-corrected chi connectivity index (χ4v) is 3.37. The van der Waals surface area contributed by atoms with Crippen LogP contribution in [0.15, 0.2) is 54.6 Å². The Kier molecular flexibility index (Phi) is 4.24. The molecule has 0 spiro atoms. The highest BCUT2D eigenvalue weighted by molar-refractivity contribution is 5.96. The number of benzene rings is 2. The highest BCUT2D eigenvalue weighted by Gasteiger charge is 2.32. The monoisotopic (exact) mass is 361 g/mol. The number of fused-ring (bicyclic) bond motifs is 1. The number of aryl methyl sites for hydroxylation is 1. The number of rotatable bonds is 4. The smallest absolute Gasteiger partial charge is 0.339 e. The number of anilines is 1. The average Bonchev–Trinajstić information content (AvgIpc) is 3.14. The summed E-state index contributed by atoms with van der Waals surface area (Å²) in [6.45, 7) is 3.76. The van der Waals surface area contributed by atoms with Crippen LogP contribution in [-0.2, 0) is 9.53 Å². The van der Waals surface area contributed by atoms with E-state index in [-0.39, 0.29) is 18.3 Å². The van der Waals surface area contributed by atoms with E-state index in [2.05, 4.69) is 10.4 Å². The fourth-order valence-electron chi connectivity index (χ4n) is 3.37. The highest BCUT2D eigenvalue weighted by Crippen LogP contribution is 2.33. The molecule has 2 heterocycles. The Hall–Kier alpha value is -3.41. The van der Waals surface area contributed by atoms with Crippen LogP contribution in [0.3, 0.4) is 0 Å². The minimum Gasteiger partial charge on any atom is -0.453 e. The zero-order valence-electron chi connectivity index (χ0n) is 15.1. The Balaban J connectivity index is 1.53. The molecule has 1 amide bonds. The van der Waals surface area contributed by atoms with Gasteiger partial charge in [-0.2, -0.15) is 5.10 Å². The summed E-state index contributed by atoms with van der Waals surface area (Å²) in [7, 11) is 0. The van der Waals surface area contributed by atoms with Crippen molar-refractivity contribution in [3.05, 3.63) is 77.1 Å². The van der Waals surface area contributed by atoms with Gasteiger partial charge in [0, 0.05) is 5.56 Å². The molecule has 1 aromatic heterocycles. The molecular formula is C21H19N3O3. The molecule has 1 aliphatic rings. The van der Waals surface area contributed by atoms with E-state index in [1.165, 1.54) is 0 Å². The van der Waals surface area contributed by atoms with Crippen LogP contribution in [0.25, 0.3) is 5.69 Å². The molecule has 0 saturated heterocycles. The molecule has 0 fully saturated rings. The quantitative estimate of drug-likeness (QED) is 0.719. The van der Waals surface area contributed by atoms with Crippen LogP contribution >= 0.6 is 0 Å². The molecule has 4 rings (SSSR count). The average molecular weight is 361 g/mol. The summed E-state index contributed by atoms with van der Waals surface area (Å²) in [6.07, 6.45) is -0.489. The van der Waals surface area contributed by atoms with Crippen LogP contribution in [0.4, 0.5) is 5.69 Å². The van der Waals surface area contributed by atoms with Gasteiger partial charge in [-0.1, -0.05) is 36.4 Å². The molecule has 136 valence electrons. The van der Waals surface area contributed by atoms with Crippen molar-refractivity contribution in [1.82, 2.24) is 9.78 Å².